The predicted octanol–water partition coefficient (Wildman–Crippen LogP) is 6.73. The number of hydrogen-bond donors (Lipinski definition) is 1. The molecule has 0 saturated carbocycles. The van der Waals surface area contributed by atoms with Crippen molar-refractivity contribution in [2.75, 3.05) is 6.61 Å². The zero-order valence-electron chi connectivity index (χ0n) is 23.4. The monoisotopic (exact) mass is 646 g/mol. The zero-order valence-corrected chi connectivity index (χ0v) is 23.4. The van der Waals surface area contributed by atoms with Gasteiger partial charge in [-0.1, -0.05) is 6.07 Å². The molecule has 3 heterocycles. The molecule has 1 N–H and O–H groups in total. The van der Waals surface area contributed by atoms with Crippen LogP contribution in [0.25, 0.3) is 22.4 Å². The third kappa shape index (κ3) is 6.22. The van der Waals surface area contributed by atoms with Crippen molar-refractivity contribution in [1.82, 2.24) is 19.5 Å². The van der Waals surface area contributed by atoms with E-state index in [0.717, 1.165) is 24.3 Å². The van der Waals surface area contributed by atoms with Gasteiger partial charge in [0.2, 0.25) is 5.88 Å². The first-order valence-corrected chi connectivity index (χ1v) is 13.7. The number of nitrogens with zero attached hydrogens (tertiary/aromatic N) is 4. The summed E-state index contributed by atoms with van der Waals surface area (Å²) in [5.41, 5.74) is -2.10. The quantitative estimate of drug-likeness (QED) is 0.178. The summed E-state index contributed by atoms with van der Waals surface area (Å²) < 4.78 is 111. The van der Waals surface area contributed by atoms with E-state index in [4.69, 9.17) is 9.47 Å². The second-order valence-corrected chi connectivity index (χ2v) is 10.5. The van der Waals surface area contributed by atoms with Gasteiger partial charge in [0, 0.05) is 30.9 Å². The van der Waals surface area contributed by atoms with Crippen molar-refractivity contribution in [3.8, 4) is 17.3 Å². The van der Waals surface area contributed by atoms with E-state index in [1.165, 1.54) is 22.9 Å². The third-order valence-electron chi connectivity index (χ3n) is 7.42. The van der Waals surface area contributed by atoms with Gasteiger partial charge in [-0.2, -0.15) is 18.2 Å². The first-order chi connectivity index (χ1) is 21.9. The Kier molecular flexibility index (Phi) is 8.10. The van der Waals surface area contributed by atoms with E-state index in [0.29, 0.717) is 25.2 Å². The Labute approximate surface area is 255 Å². The van der Waals surface area contributed by atoms with Gasteiger partial charge in [0.1, 0.15) is 35.4 Å². The maximum Gasteiger partial charge on any atom is 0.416 e. The summed E-state index contributed by atoms with van der Waals surface area (Å²) in [4.78, 5) is 23.8. The fourth-order valence-electron chi connectivity index (χ4n) is 4.93. The van der Waals surface area contributed by atoms with Crippen LogP contribution in [-0.4, -0.2) is 43.3 Å². The number of imidazole rings is 1. The zero-order chi connectivity index (χ0) is 32.7. The second kappa shape index (κ2) is 12.0. The topological polar surface area (TPSA) is 99.4 Å². The minimum Gasteiger partial charge on any atom is -0.478 e. The lowest BCUT2D eigenvalue weighted by molar-refractivity contribution is -0.137. The van der Waals surface area contributed by atoms with Gasteiger partial charge in [0.15, 0.2) is 11.6 Å². The SMILES string of the molecule is O=C(O)c1cc(F)c2nc(Cc3cc(F)c(-c4nccc(OCc5ccc(C(F)(F)F)cc5F)n4)cc3F)n(C[C@@H]3CCO3)c2c1. The van der Waals surface area contributed by atoms with Gasteiger partial charge < -0.3 is 19.1 Å². The molecule has 8 nitrogen and oxygen atoms in total. The average Bonchev–Trinajstić information content (AvgIpc) is 3.32. The molecule has 1 aliphatic rings. The van der Waals surface area contributed by atoms with Crippen LogP contribution in [0.1, 0.15) is 39.3 Å². The summed E-state index contributed by atoms with van der Waals surface area (Å²) >= 11 is 0. The molecule has 5 aromatic rings. The van der Waals surface area contributed by atoms with Gasteiger partial charge in [-0.15, -0.1) is 0 Å². The third-order valence-corrected chi connectivity index (χ3v) is 7.42. The summed E-state index contributed by atoms with van der Waals surface area (Å²) in [5, 5.41) is 9.39. The molecule has 1 aliphatic heterocycles. The van der Waals surface area contributed by atoms with Crippen LogP contribution in [0, 0.1) is 23.3 Å². The molecule has 15 heteroatoms. The van der Waals surface area contributed by atoms with Crippen LogP contribution in [0.15, 0.2) is 54.7 Å². The number of carboxylic acids is 1. The van der Waals surface area contributed by atoms with E-state index in [9.17, 15) is 31.9 Å². The van der Waals surface area contributed by atoms with Crippen molar-refractivity contribution in [3.05, 3.63) is 106 Å². The molecule has 0 unspecified atom stereocenters. The largest absolute Gasteiger partial charge is 0.478 e. The summed E-state index contributed by atoms with van der Waals surface area (Å²) in [6, 6.07) is 7.05. The van der Waals surface area contributed by atoms with Gasteiger partial charge >= 0.3 is 12.1 Å². The molecule has 0 bridgehead atoms. The maximum atomic E-state index is 15.4. The Morgan fingerprint density at radius 3 is 2.39 bits per heavy atom. The second-order valence-electron chi connectivity index (χ2n) is 10.5. The Bertz CT molecular complexity index is 1980. The Morgan fingerprint density at radius 1 is 0.957 bits per heavy atom. The summed E-state index contributed by atoms with van der Waals surface area (Å²) in [7, 11) is 0. The van der Waals surface area contributed by atoms with Gasteiger partial charge in [-0.3, -0.25) is 0 Å². The normalized spacial score (nSPS) is 14.8. The molecule has 1 saturated heterocycles. The van der Waals surface area contributed by atoms with Crippen LogP contribution in [-0.2, 0) is 30.5 Å². The lowest BCUT2D eigenvalue weighted by Crippen LogP contribution is -2.31. The van der Waals surface area contributed by atoms with Crippen LogP contribution >= 0.6 is 0 Å². The van der Waals surface area contributed by atoms with E-state index < -0.39 is 47.6 Å². The number of carboxylic acid groups (broad SMARTS) is 1. The van der Waals surface area contributed by atoms with Gasteiger partial charge in [0.25, 0.3) is 0 Å². The molecular weight excluding hydrogens is 625 g/mol. The van der Waals surface area contributed by atoms with E-state index in [1.807, 2.05) is 0 Å². The molecule has 1 atom stereocenters. The first-order valence-electron chi connectivity index (χ1n) is 13.7. The highest BCUT2D eigenvalue weighted by Gasteiger charge is 2.31. The number of benzene rings is 3. The lowest BCUT2D eigenvalue weighted by atomic mass is 10.1. The number of ether oxygens (including phenoxy) is 2. The Balaban J connectivity index is 1.26. The van der Waals surface area contributed by atoms with E-state index in [1.54, 1.807) is 0 Å². The minimum atomic E-state index is -4.72. The number of fused-ring (bicyclic) bond motifs is 1. The number of rotatable bonds is 9. The van der Waals surface area contributed by atoms with E-state index in [-0.39, 0.29) is 69.9 Å². The fraction of sp³-hybridized carbons (Fsp3) is 0.226. The standard InChI is InChI=1S/C31H21F7N4O4/c32-21-11-18(31(36,37)38)2-1-15(21)14-46-27-3-5-39-29(41-27)20-12-22(33)16(7-23(20)34)10-26-40-28-24(35)8-17(30(43)44)9-25(28)42(26)13-19-4-6-45-19/h1-3,5,7-9,11-12,19H,4,6,10,13-14H2,(H,43,44)/t19-/m0/s1. The van der Waals surface area contributed by atoms with Crippen molar-refractivity contribution < 1.29 is 50.1 Å². The van der Waals surface area contributed by atoms with E-state index >= 15 is 8.78 Å². The molecule has 46 heavy (non-hydrogen) atoms. The molecule has 3 aromatic carbocycles. The van der Waals surface area contributed by atoms with Crippen LogP contribution in [0.3, 0.4) is 0 Å². The molecule has 1 fully saturated rings. The van der Waals surface area contributed by atoms with Crippen molar-refractivity contribution >= 4 is 17.0 Å². The molecule has 238 valence electrons. The smallest absolute Gasteiger partial charge is 0.416 e. The number of aromatic nitrogens is 4. The van der Waals surface area contributed by atoms with Crippen molar-refractivity contribution in [2.45, 2.75) is 38.3 Å². The number of aromatic carboxylic acids is 1. The Hall–Kier alpha value is -5.05. The molecule has 6 rings (SSSR count). The highest BCUT2D eigenvalue weighted by Crippen LogP contribution is 2.31. The number of hydrogen-bond acceptors (Lipinski definition) is 6. The average molecular weight is 647 g/mol. The summed E-state index contributed by atoms with van der Waals surface area (Å²) in [6.07, 6.45) is -3.38. The van der Waals surface area contributed by atoms with Crippen molar-refractivity contribution in [1.29, 1.82) is 0 Å². The molecule has 0 radical (unpaired) electrons. The molecule has 0 spiro atoms. The van der Waals surface area contributed by atoms with Crippen LogP contribution in [0.5, 0.6) is 5.88 Å². The minimum absolute atomic E-state index is 0.127. The number of carbonyl (C=O) groups is 1. The highest BCUT2D eigenvalue weighted by atomic mass is 19.4. The number of alkyl halides is 3. The molecule has 2 aromatic heterocycles. The van der Waals surface area contributed by atoms with Gasteiger partial charge in [-0.05, 0) is 48.4 Å². The van der Waals surface area contributed by atoms with Crippen LogP contribution in [0.2, 0.25) is 0 Å². The molecule has 0 aliphatic carbocycles. The molecular formula is C31H21F7N4O4. The maximum absolute atomic E-state index is 15.4. The first kappa shape index (κ1) is 31.0. The van der Waals surface area contributed by atoms with Crippen molar-refractivity contribution in [3.63, 3.8) is 0 Å². The summed E-state index contributed by atoms with van der Waals surface area (Å²) in [6.45, 7) is 0.202. The lowest BCUT2D eigenvalue weighted by Gasteiger charge is -2.27. The van der Waals surface area contributed by atoms with Crippen molar-refractivity contribution in [2.24, 2.45) is 0 Å². The predicted molar refractivity (Wildman–Crippen MR) is 147 cm³/mol. The van der Waals surface area contributed by atoms with Crippen LogP contribution < -0.4 is 4.74 Å². The summed E-state index contributed by atoms with van der Waals surface area (Å²) in [5.74, 6) is -5.48. The van der Waals surface area contributed by atoms with E-state index in [2.05, 4.69) is 15.0 Å². The number of halogens is 7. The Morgan fingerprint density at radius 2 is 1.72 bits per heavy atom. The molecule has 0 amide bonds. The van der Waals surface area contributed by atoms with Gasteiger partial charge in [-0.25, -0.2) is 32.3 Å². The van der Waals surface area contributed by atoms with Crippen LogP contribution in [0.4, 0.5) is 30.7 Å². The van der Waals surface area contributed by atoms with Gasteiger partial charge in [0.05, 0.1) is 34.9 Å². The highest BCUT2D eigenvalue weighted by molar-refractivity contribution is 5.92. The fourth-order valence-corrected chi connectivity index (χ4v) is 4.93.